The van der Waals surface area contributed by atoms with Crippen LogP contribution in [0.4, 0.5) is 0 Å². The molecule has 1 aromatic rings. The highest BCUT2D eigenvalue weighted by atomic mass is 127. The predicted octanol–water partition coefficient (Wildman–Crippen LogP) is 3.33. The van der Waals surface area contributed by atoms with Gasteiger partial charge in [0.1, 0.15) is 0 Å². The van der Waals surface area contributed by atoms with E-state index in [1.165, 1.54) is 37.7 Å². The highest BCUT2D eigenvalue weighted by Crippen LogP contribution is 2.26. The van der Waals surface area contributed by atoms with Crippen molar-refractivity contribution in [2.24, 2.45) is 10.9 Å². The van der Waals surface area contributed by atoms with Gasteiger partial charge < -0.3 is 10.6 Å². The molecule has 0 radical (unpaired) electrons. The molecule has 0 aliphatic heterocycles. The number of hydrogen-bond donors (Lipinski definition) is 2. The molecule has 1 aliphatic rings. The number of hydrogen-bond acceptors (Lipinski definition) is 2. The van der Waals surface area contributed by atoms with E-state index in [9.17, 15) is 0 Å². The van der Waals surface area contributed by atoms with Crippen LogP contribution in [0, 0.1) is 12.8 Å². The summed E-state index contributed by atoms with van der Waals surface area (Å²) in [6.07, 6.45) is 10.5. The third-order valence-corrected chi connectivity index (χ3v) is 4.41. The summed E-state index contributed by atoms with van der Waals surface area (Å²) in [5, 5.41) is 11.3. The molecule has 0 bridgehead atoms. The fourth-order valence-electron chi connectivity index (χ4n) is 3.16. The van der Waals surface area contributed by atoms with E-state index in [1.807, 2.05) is 10.9 Å². The summed E-state index contributed by atoms with van der Waals surface area (Å²) in [5.74, 6) is 1.83. The van der Waals surface area contributed by atoms with Gasteiger partial charge in [0.15, 0.2) is 5.96 Å². The van der Waals surface area contributed by atoms with Crippen molar-refractivity contribution in [3.63, 3.8) is 0 Å². The molecule has 1 fully saturated rings. The standard InChI is InChI=1S/C17H31N5.HI/c1-4-15-7-6-8-16(11-15)21-17(18-5-2)19-9-10-22-13-14(3)12-20-22;/h12-13,15-16H,4-11H2,1-3H3,(H2,18,19,21);1H. The molecule has 2 atom stereocenters. The van der Waals surface area contributed by atoms with Crippen LogP contribution in [0.25, 0.3) is 0 Å². The molecule has 132 valence electrons. The van der Waals surface area contributed by atoms with Crippen molar-refractivity contribution in [1.82, 2.24) is 20.4 Å². The molecule has 1 aromatic heterocycles. The topological polar surface area (TPSA) is 54.2 Å². The minimum absolute atomic E-state index is 0. The molecule has 0 saturated heterocycles. The van der Waals surface area contributed by atoms with E-state index >= 15 is 0 Å². The van der Waals surface area contributed by atoms with Crippen LogP contribution in [-0.2, 0) is 6.54 Å². The van der Waals surface area contributed by atoms with Crippen LogP contribution in [0.1, 0.15) is 51.5 Å². The lowest BCUT2D eigenvalue weighted by Gasteiger charge is -2.30. The van der Waals surface area contributed by atoms with E-state index in [1.54, 1.807) is 0 Å². The molecule has 1 aliphatic carbocycles. The highest BCUT2D eigenvalue weighted by Gasteiger charge is 2.21. The Labute approximate surface area is 157 Å². The van der Waals surface area contributed by atoms with Gasteiger partial charge in [-0.05, 0) is 38.2 Å². The van der Waals surface area contributed by atoms with Crippen molar-refractivity contribution >= 4 is 29.9 Å². The molecule has 1 heterocycles. The first-order valence-electron chi connectivity index (χ1n) is 8.75. The maximum Gasteiger partial charge on any atom is 0.191 e. The summed E-state index contributed by atoms with van der Waals surface area (Å²) in [6, 6.07) is 0.573. The average Bonchev–Trinajstić information content (AvgIpc) is 2.93. The quantitative estimate of drug-likeness (QED) is 0.411. The van der Waals surface area contributed by atoms with Crippen molar-refractivity contribution in [2.75, 3.05) is 13.1 Å². The van der Waals surface area contributed by atoms with Crippen molar-refractivity contribution in [1.29, 1.82) is 0 Å². The number of aryl methyl sites for hydroxylation is 1. The van der Waals surface area contributed by atoms with Crippen LogP contribution in [0.5, 0.6) is 0 Å². The van der Waals surface area contributed by atoms with Crippen LogP contribution < -0.4 is 10.6 Å². The van der Waals surface area contributed by atoms with Gasteiger partial charge in [0.05, 0.1) is 19.3 Å². The molecular weight excluding hydrogens is 401 g/mol. The van der Waals surface area contributed by atoms with Crippen molar-refractivity contribution in [2.45, 2.75) is 65.5 Å². The van der Waals surface area contributed by atoms with Crippen LogP contribution in [0.2, 0.25) is 0 Å². The van der Waals surface area contributed by atoms with E-state index in [0.717, 1.165) is 31.5 Å². The van der Waals surface area contributed by atoms with E-state index in [4.69, 9.17) is 4.99 Å². The Bertz CT molecular complexity index is 471. The van der Waals surface area contributed by atoms with Gasteiger partial charge in [-0.25, -0.2) is 0 Å². The highest BCUT2D eigenvalue weighted by molar-refractivity contribution is 14.0. The SMILES string of the molecule is CCNC(=NCCn1cc(C)cn1)NC1CCCC(CC)C1.I. The third kappa shape index (κ3) is 7.10. The third-order valence-electron chi connectivity index (χ3n) is 4.41. The first kappa shape index (κ1) is 20.3. The zero-order chi connectivity index (χ0) is 15.8. The zero-order valence-corrected chi connectivity index (χ0v) is 17.0. The van der Waals surface area contributed by atoms with E-state index < -0.39 is 0 Å². The van der Waals surface area contributed by atoms with Gasteiger partial charge in [-0.1, -0.05) is 26.2 Å². The van der Waals surface area contributed by atoms with Crippen molar-refractivity contribution in [3.8, 4) is 0 Å². The summed E-state index contributed by atoms with van der Waals surface area (Å²) in [5.41, 5.74) is 1.20. The van der Waals surface area contributed by atoms with E-state index in [0.29, 0.717) is 6.04 Å². The second-order valence-corrected chi connectivity index (χ2v) is 6.32. The largest absolute Gasteiger partial charge is 0.357 e. The number of guanidine groups is 1. The zero-order valence-electron chi connectivity index (χ0n) is 14.7. The molecule has 0 amide bonds. The summed E-state index contributed by atoms with van der Waals surface area (Å²) in [7, 11) is 0. The van der Waals surface area contributed by atoms with Gasteiger partial charge in [0.25, 0.3) is 0 Å². The Balaban J connectivity index is 0.00000264. The molecule has 0 aromatic carbocycles. The number of rotatable bonds is 6. The van der Waals surface area contributed by atoms with Gasteiger partial charge in [-0.3, -0.25) is 9.67 Å². The second kappa shape index (κ2) is 10.9. The molecule has 5 nitrogen and oxygen atoms in total. The van der Waals surface area contributed by atoms with Gasteiger partial charge >= 0.3 is 0 Å². The molecule has 23 heavy (non-hydrogen) atoms. The fraction of sp³-hybridized carbons (Fsp3) is 0.765. The van der Waals surface area contributed by atoms with Gasteiger partial charge in [-0.15, -0.1) is 24.0 Å². The number of nitrogens with zero attached hydrogens (tertiary/aromatic N) is 3. The van der Waals surface area contributed by atoms with Crippen molar-refractivity contribution < 1.29 is 0 Å². The number of aromatic nitrogens is 2. The molecule has 2 rings (SSSR count). The van der Waals surface area contributed by atoms with Crippen molar-refractivity contribution in [3.05, 3.63) is 18.0 Å². The Morgan fingerprint density at radius 1 is 1.39 bits per heavy atom. The lowest BCUT2D eigenvalue weighted by Crippen LogP contribution is -2.45. The second-order valence-electron chi connectivity index (χ2n) is 6.32. The monoisotopic (exact) mass is 433 g/mol. The minimum atomic E-state index is 0. The Morgan fingerprint density at radius 2 is 2.22 bits per heavy atom. The molecule has 1 saturated carbocycles. The molecule has 2 N–H and O–H groups in total. The first-order chi connectivity index (χ1) is 10.7. The Hall–Kier alpha value is -0.790. The van der Waals surface area contributed by atoms with Crippen LogP contribution in [0.3, 0.4) is 0 Å². The first-order valence-corrected chi connectivity index (χ1v) is 8.75. The Morgan fingerprint density at radius 3 is 2.87 bits per heavy atom. The van der Waals surface area contributed by atoms with Crippen LogP contribution >= 0.6 is 24.0 Å². The molecule has 0 spiro atoms. The summed E-state index contributed by atoms with van der Waals surface area (Å²) < 4.78 is 1.95. The van der Waals surface area contributed by atoms with Gasteiger partial charge in [0.2, 0.25) is 0 Å². The molecular formula is C17H32IN5. The predicted molar refractivity (Wildman–Crippen MR) is 108 cm³/mol. The summed E-state index contributed by atoms with van der Waals surface area (Å²) in [4.78, 5) is 4.70. The summed E-state index contributed by atoms with van der Waals surface area (Å²) in [6.45, 7) is 8.96. The van der Waals surface area contributed by atoms with Crippen LogP contribution in [-0.4, -0.2) is 34.9 Å². The maximum absolute atomic E-state index is 4.70. The normalized spacial score (nSPS) is 21.6. The van der Waals surface area contributed by atoms with E-state index in [2.05, 4.69) is 42.7 Å². The molecule has 6 heteroatoms. The number of aliphatic imine (C=N–C) groups is 1. The molecule has 2 unspecified atom stereocenters. The van der Waals surface area contributed by atoms with Crippen LogP contribution in [0.15, 0.2) is 17.4 Å². The number of halogens is 1. The Kier molecular flexibility index (Phi) is 9.59. The van der Waals surface area contributed by atoms with Gasteiger partial charge in [0, 0.05) is 18.8 Å². The van der Waals surface area contributed by atoms with Gasteiger partial charge in [-0.2, -0.15) is 5.10 Å². The smallest absolute Gasteiger partial charge is 0.191 e. The fourth-order valence-corrected chi connectivity index (χ4v) is 3.16. The lowest BCUT2D eigenvalue weighted by molar-refractivity contribution is 0.298. The minimum Gasteiger partial charge on any atom is -0.357 e. The van der Waals surface area contributed by atoms with E-state index in [-0.39, 0.29) is 24.0 Å². The lowest BCUT2D eigenvalue weighted by atomic mass is 9.84. The number of nitrogens with one attached hydrogen (secondary N) is 2. The average molecular weight is 433 g/mol. The summed E-state index contributed by atoms with van der Waals surface area (Å²) >= 11 is 0. The maximum atomic E-state index is 4.70.